The molecule has 0 spiro atoms. The highest BCUT2D eigenvalue weighted by Gasteiger charge is 2.26. The lowest BCUT2D eigenvalue weighted by molar-refractivity contribution is -0.129. The third-order valence-corrected chi connectivity index (χ3v) is 4.56. The van der Waals surface area contributed by atoms with E-state index >= 15 is 0 Å². The van der Waals surface area contributed by atoms with Gasteiger partial charge in [0.15, 0.2) is 0 Å². The second kappa shape index (κ2) is 12.7. The minimum Gasteiger partial charge on any atom is -0.366 e. The first-order valence-corrected chi connectivity index (χ1v) is 9.42. The molecule has 33 heavy (non-hydrogen) atoms. The van der Waals surface area contributed by atoms with Crippen LogP contribution in [0, 0.1) is 0 Å². The van der Waals surface area contributed by atoms with E-state index in [1.807, 2.05) is 5.32 Å². The number of nitrogens with two attached hydrogens (primary N) is 2. The van der Waals surface area contributed by atoms with Crippen molar-refractivity contribution in [3.63, 3.8) is 0 Å². The Morgan fingerprint density at radius 1 is 0.727 bits per heavy atom. The molecular weight excluding hydrogens is 444 g/mol. The van der Waals surface area contributed by atoms with Crippen molar-refractivity contribution >= 4 is 35.6 Å². The maximum absolute atomic E-state index is 12.9. The molecular formula is C18H24N6O9. The van der Waals surface area contributed by atoms with E-state index in [1.54, 1.807) is 0 Å². The van der Waals surface area contributed by atoms with Crippen molar-refractivity contribution in [1.82, 2.24) is 21.8 Å². The van der Waals surface area contributed by atoms with Crippen LogP contribution in [0.25, 0.3) is 0 Å². The molecule has 0 aliphatic heterocycles. The summed E-state index contributed by atoms with van der Waals surface area (Å²) >= 11 is 0. The van der Waals surface area contributed by atoms with Gasteiger partial charge in [0.25, 0.3) is 5.91 Å². The topological polar surface area (TPSA) is 263 Å². The van der Waals surface area contributed by atoms with Crippen molar-refractivity contribution in [2.24, 2.45) is 11.5 Å². The van der Waals surface area contributed by atoms with E-state index in [0.717, 1.165) is 0 Å². The minimum atomic E-state index is -1.23. The molecule has 1 rings (SSSR count). The van der Waals surface area contributed by atoms with Crippen LogP contribution in [0.2, 0.25) is 0 Å². The van der Waals surface area contributed by atoms with Crippen molar-refractivity contribution < 1.29 is 44.4 Å². The Bertz CT molecular complexity index is 963. The van der Waals surface area contributed by atoms with Gasteiger partial charge in [-0.2, -0.15) is 0 Å². The van der Waals surface area contributed by atoms with Crippen LogP contribution in [0.3, 0.4) is 0 Å². The second-order valence-electron chi connectivity index (χ2n) is 6.70. The van der Waals surface area contributed by atoms with Crippen molar-refractivity contribution in [3.8, 4) is 0 Å². The zero-order chi connectivity index (χ0) is 25.1. The number of rotatable bonds is 11. The van der Waals surface area contributed by atoms with Crippen molar-refractivity contribution in [1.29, 1.82) is 0 Å². The van der Waals surface area contributed by atoms with E-state index < -0.39 is 42.0 Å². The van der Waals surface area contributed by atoms with Gasteiger partial charge in [-0.3, -0.25) is 44.9 Å². The fourth-order valence-electron chi connectivity index (χ4n) is 3.16. The van der Waals surface area contributed by atoms with Crippen LogP contribution in [0.5, 0.6) is 0 Å². The number of benzene rings is 1. The number of hydrogen-bond donors (Lipinski definition) is 9. The van der Waals surface area contributed by atoms with Crippen LogP contribution < -0.4 is 33.2 Å². The summed E-state index contributed by atoms with van der Waals surface area (Å²) in [5.41, 5.74) is 14.4. The number of primary amides is 2. The number of aryl methyl sites for hydroxylation is 1. The summed E-state index contributed by atoms with van der Waals surface area (Å²) in [6.45, 7) is 0. The third-order valence-electron chi connectivity index (χ3n) is 4.56. The van der Waals surface area contributed by atoms with Crippen LogP contribution >= 0.6 is 0 Å². The van der Waals surface area contributed by atoms with Gasteiger partial charge in [-0.05, 0) is 42.0 Å². The lowest BCUT2D eigenvalue weighted by Gasteiger charge is -2.21. The summed E-state index contributed by atoms with van der Waals surface area (Å²) < 4.78 is 0. The molecule has 1 aromatic carbocycles. The predicted octanol–water partition coefficient (Wildman–Crippen LogP) is -2.09. The molecule has 0 saturated carbocycles. The summed E-state index contributed by atoms with van der Waals surface area (Å²) in [6.07, 6.45) is -1.66. The van der Waals surface area contributed by atoms with Gasteiger partial charge in [0.2, 0.25) is 23.6 Å². The van der Waals surface area contributed by atoms with Crippen molar-refractivity contribution in [2.75, 3.05) is 0 Å². The van der Waals surface area contributed by atoms with Crippen LogP contribution in [0.4, 0.5) is 4.79 Å². The van der Waals surface area contributed by atoms with Crippen LogP contribution in [-0.2, 0) is 33.6 Å². The molecule has 0 heterocycles. The standard InChI is InChI=1S/C18H24N6O9/c19-16(28)11-7-8(1-4-12(25)22-31)9(2-5-13(26)23-32)15(17(29)21-18(20)30)10(11)3-6-14(27)24-33/h7,31-33H,1-6H2,(H2,19,28)(H,22,25)(H,23,26)(H,24,27)(H3,20,21,29,30). The van der Waals surface area contributed by atoms with Gasteiger partial charge in [0.05, 0.1) is 0 Å². The number of amides is 7. The average Bonchev–Trinajstić information content (AvgIpc) is 2.77. The van der Waals surface area contributed by atoms with E-state index in [9.17, 15) is 28.8 Å². The highest BCUT2D eigenvalue weighted by Crippen LogP contribution is 2.28. The molecule has 1 aromatic rings. The van der Waals surface area contributed by atoms with Gasteiger partial charge in [0.1, 0.15) is 0 Å². The van der Waals surface area contributed by atoms with Crippen molar-refractivity contribution in [3.05, 3.63) is 33.9 Å². The Morgan fingerprint density at radius 2 is 1.18 bits per heavy atom. The van der Waals surface area contributed by atoms with Gasteiger partial charge in [-0.1, -0.05) is 0 Å². The predicted molar refractivity (Wildman–Crippen MR) is 107 cm³/mol. The maximum Gasteiger partial charge on any atom is 0.319 e. The lowest BCUT2D eigenvalue weighted by Crippen LogP contribution is -2.37. The Morgan fingerprint density at radius 3 is 1.61 bits per heavy atom. The Kier molecular flexibility index (Phi) is 10.4. The molecule has 0 atom stereocenters. The largest absolute Gasteiger partial charge is 0.366 e. The molecule has 0 aliphatic rings. The second-order valence-corrected chi connectivity index (χ2v) is 6.70. The monoisotopic (exact) mass is 468 g/mol. The first-order chi connectivity index (χ1) is 15.5. The lowest BCUT2D eigenvalue weighted by atomic mass is 9.85. The molecule has 0 bridgehead atoms. The fraction of sp³-hybridized carbons (Fsp3) is 0.333. The average molecular weight is 468 g/mol. The first-order valence-electron chi connectivity index (χ1n) is 9.42. The fourth-order valence-corrected chi connectivity index (χ4v) is 3.16. The van der Waals surface area contributed by atoms with Crippen LogP contribution in [0.1, 0.15) is 56.7 Å². The molecule has 0 saturated heterocycles. The maximum atomic E-state index is 12.9. The molecule has 0 radical (unpaired) electrons. The van der Waals surface area contributed by atoms with Gasteiger partial charge in [-0.25, -0.2) is 21.2 Å². The number of urea groups is 1. The van der Waals surface area contributed by atoms with Crippen molar-refractivity contribution in [2.45, 2.75) is 38.5 Å². The zero-order valence-electron chi connectivity index (χ0n) is 17.3. The normalized spacial score (nSPS) is 10.2. The first kappa shape index (κ1) is 27.0. The Hall–Kier alpha value is -4.08. The molecule has 180 valence electrons. The van der Waals surface area contributed by atoms with Crippen LogP contribution in [0.15, 0.2) is 6.07 Å². The highest BCUT2D eigenvalue weighted by atomic mass is 16.5. The number of hydroxylamine groups is 3. The number of carbonyl (C=O) groups excluding carboxylic acids is 6. The van der Waals surface area contributed by atoms with E-state index in [2.05, 4.69) is 0 Å². The third kappa shape index (κ3) is 7.84. The highest BCUT2D eigenvalue weighted by molar-refractivity contribution is 6.08. The molecule has 15 nitrogen and oxygen atoms in total. The van der Waals surface area contributed by atoms with Gasteiger partial charge in [-0.15, -0.1) is 0 Å². The molecule has 0 aliphatic carbocycles. The smallest absolute Gasteiger partial charge is 0.319 e. The van der Waals surface area contributed by atoms with E-state index in [-0.39, 0.29) is 59.9 Å². The van der Waals surface area contributed by atoms with E-state index in [0.29, 0.717) is 0 Å². The van der Waals surface area contributed by atoms with Crippen LogP contribution in [-0.4, -0.2) is 51.2 Å². The Labute approximate surface area is 186 Å². The number of imide groups is 1. The Balaban J connectivity index is 3.80. The summed E-state index contributed by atoms with van der Waals surface area (Å²) in [5, 5.41) is 28.1. The molecule has 0 unspecified atom stereocenters. The summed E-state index contributed by atoms with van der Waals surface area (Å²) in [5.74, 6) is -4.54. The summed E-state index contributed by atoms with van der Waals surface area (Å²) in [6, 6.07) is 0.0237. The molecule has 15 heteroatoms. The number of hydrogen-bond acceptors (Lipinski definition) is 9. The minimum absolute atomic E-state index is 0.0698. The van der Waals surface area contributed by atoms with E-state index in [1.165, 1.54) is 22.5 Å². The molecule has 0 aromatic heterocycles. The number of nitrogens with one attached hydrogen (secondary N) is 4. The van der Waals surface area contributed by atoms with E-state index in [4.69, 9.17) is 27.1 Å². The SMILES string of the molecule is NC(=O)NC(=O)c1c(CCC(=O)NO)c(CCC(=O)NO)cc(C(N)=O)c1CCC(=O)NO. The summed E-state index contributed by atoms with van der Waals surface area (Å²) in [7, 11) is 0. The van der Waals surface area contributed by atoms with Gasteiger partial charge < -0.3 is 11.5 Å². The molecule has 0 fully saturated rings. The number of carbonyl (C=O) groups is 6. The quantitative estimate of drug-likeness (QED) is 0.127. The van der Waals surface area contributed by atoms with Gasteiger partial charge in [0, 0.05) is 30.4 Å². The molecule has 7 amide bonds. The van der Waals surface area contributed by atoms with Gasteiger partial charge >= 0.3 is 6.03 Å². The summed E-state index contributed by atoms with van der Waals surface area (Å²) in [4.78, 5) is 71.0. The molecule has 11 N–H and O–H groups in total. The zero-order valence-corrected chi connectivity index (χ0v) is 17.3.